The molecule has 4 heteroatoms. The van der Waals surface area contributed by atoms with Crippen LogP contribution in [0.5, 0.6) is 0 Å². The molecule has 1 aromatic rings. The lowest BCUT2D eigenvalue weighted by atomic mass is 9.90. The van der Waals surface area contributed by atoms with E-state index in [1.165, 1.54) is 50.8 Å². The zero-order valence-corrected chi connectivity index (χ0v) is 12.4. The molecule has 0 spiro atoms. The molecule has 1 aliphatic carbocycles. The average molecular weight is 267 g/mol. The quantitative estimate of drug-likeness (QED) is 0.822. The van der Waals surface area contributed by atoms with E-state index in [9.17, 15) is 0 Å². The Morgan fingerprint density at radius 2 is 1.83 bits per heavy atom. The number of nitrogens with one attached hydrogen (secondary N) is 1. The summed E-state index contributed by atoms with van der Waals surface area (Å²) < 4.78 is 3.02. The summed E-state index contributed by atoms with van der Waals surface area (Å²) in [5, 5.41) is 7.50. The van der Waals surface area contributed by atoms with Crippen molar-refractivity contribution < 1.29 is 0 Å². The van der Waals surface area contributed by atoms with Crippen molar-refractivity contribution in [3.8, 4) is 0 Å². The molecular weight excluding hydrogens is 242 g/mol. The second-order valence-electron chi connectivity index (χ2n) is 5.93. The third-order valence-electron chi connectivity index (χ3n) is 3.81. The van der Waals surface area contributed by atoms with Crippen molar-refractivity contribution in [2.45, 2.75) is 71.3 Å². The first kappa shape index (κ1) is 13.8. The van der Waals surface area contributed by atoms with Gasteiger partial charge in [0, 0.05) is 12.5 Å². The number of H-pyrrole nitrogens is 1. The van der Waals surface area contributed by atoms with E-state index in [-0.39, 0.29) is 0 Å². The Balaban J connectivity index is 2.17. The largest absolute Gasteiger partial charge is 0.304 e. The van der Waals surface area contributed by atoms with Crippen LogP contribution in [0.25, 0.3) is 0 Å². The van der Waals surface area contributed by atoms with Crippen LogP contribution >= 0.6 is 12.2 Å². The highest BCUT2D eigenvalue weighted by Gasteiger charge is 2.19. The van der Waals surface area contributed by atoms with Gasteiger partial charge < -0.3 is 4.57 Å². The molecule has 0 atom stereocenters. The maximum atomic E-state index is 5.37. The molecule has 0 unspecified atom stereocenters. The van der Waals surface area contributed by atoms with E-state index in [1.54, 1.807) is 0 Å². The lowest BCUT2D eigenvalue weighted by Crippen LogP contribution is -2.13. The first-order valence-electron chi connectivity index (χ1n) is 7.33. The molecule has 3 nitrogen and oxygen atoms in total. The Morgan fingerprint density at radius 1 is 1.22 bits per heavy atom. The van der Waals surface area contributed by atoms with E-state index >= 15 is 0 Å². The summed E-state index contributed by atoms with van der Waals surface area (Å²) in [5.41, 5.74) is 0. The minimum absolute atomic E-state index is 0.608. The molecule has 1 aliphatic rings. The van der Waals surface area contributed by atoms with Crippen LogP contribution in [0.4, 0.5) is 0 Å². The zero-order chi connectivity index (χ0) is 13.0. The van der Waals surface area contributed by atoms with Gasteiger partial charge in [0.15, 0.2) is 4.77 Å². The predicted octanol–water partition coefficient (Wildman–Crippen LogP) is 4.42. The number of aromatic amines is 1. The average Bonchev–Trinajstić information content (AvgIpc) is 2.60. The van der Waals surface area contributed by atoms with Gasteiger partial charge in [-0.05, 0) is 31.0 Å². The Morgan fingerprint density at radius 3 is 2.44 bits per heavy atom. The Kier molecular flexibility index (Phi) is 4.98. The van der Waals surface area contributed by atoms with Gasteiger partial charge >= 0.3 is 0 Å². The summed E-state index contributed by atoms with van der Waals surface area (Å²) in [5.74, 6) is 2.43. The minimum atomic E-state index is 0.608. The van der Waals surface area contributed by atoms with Crippen molar-refractivity contribution in [1.82, 2.24) is 14.8 Å². The van der Waals surface area contributed by atoms with Crippen LogP contribution in [0.1, 0.15) is 70.5 Å². The van der Waals surface area contributed by atoms with Crippen LogP contribution in [-0.4, -0.2) is 14.8 Å². The summed E-state index contributed by atoms with van der Waals surface area (Å²) in [7, 11) is 0. The zero-order valence-electron chi connectivity index (χ0n) is 11.6. The lowest BCUT2D eigenvalue weighted by Gasteiger charge is -2.20. The molecular formula is C14H25N3S. The molecule has 102 valence electrons. The summed E-state index contributed by atoms with van der Waals surface area (Å²) >= 11 is 5.37. The smallest absolute Gasteiger partial charge is 0.195 e. The van der Waals surface area contributed by atoms with Gasteiger partial charge in [-0.2, -0.15) is 5.10 Å². The number of hydrogen-bond acceptors (Lipinski definition) is 2. The second kappa shape index (κ2) is 6.50. The summed E-state index contributed by atoms with van der Waals surface area (Å²) in [6, 6.07) is 0. The SMILES string of the molecule is CC(C)Cn1c(C2CCCCCCC2)n[nH]c1=S. The van der Waals surface area contributed by atoms with E-state index in [0.717, 1.165) is 11.3 Å². The minimum Gasteiger partial charge on any atom is -0.304 e. The maximum absolute atomic E-state index is 5.37. The van der Waals surface area contributed by atoms with Gasteiger partial charge in [-0.3, -0.25) is 5.10 Å². The van der Waals surface area contributed by atoms with E-state index in [4.69, 9.17) is 12.2 Å². The highest BCUT2D eigenvalue weighted by atomic mass is 32.1. The summed E-state index contributed by atoms with van der Waals surface area (Å²) in [4.78, 5) is 0. The molecule has 0 bridgehead atoms. The van der Waals surface area contributed by atoms with E-state index < -0.39 is 0 Å². The van der Waals surface area contributed by atoms with Gasteiger partial charge in [-0.15, -0.1) is 0 Å². The fraction of sp³-hybridized carbons (Fsp3) is 0.857. The Bertz CT molecular complexity index is 411. The van der Waals surface area contributed by atoms with E-state index in [1.807, 2.05) is 0 Å². The molecule has 0 aromatic carbocycles. The maximum Gasteiger partial charge on any atom is 0.195 e. The summed E-state index contributed by atoms with van der Waals surface area (Å²) in [6.45, 7) is 5.45. The third-order valence-corrected chi connectivity index (χ3v) is 4.12. The van der Waals surface area contributed by atoms with Crippen molar-refractivity contribution >= 4 is 12.2 Å². The van der Waals surface area contributed by atoms with Crippen LogP contribution < -0.4 is 0 Å². The number of rotatable bonds is 3. The second-order valence-corrected chi connectivity index (χ2v) is 6.32. The van der Waals surface area contributed by atoms with Gasteiger partial charge in [-0.1, -0.05) is 46.0 Å². The van der Waals surface area contributed by atoms with Crippen molar-refractivity contribution in [3.63, 3.8) is 0 Å². The monoisotopic (exact) mass is 267 g/mol. The summed E-state index contributed by atoms with van der Waals surface area (Å²) in [6.07, 6.45) is 9.40. The first-order valence-corrected chi connectivity index (χ1v) is 7.74. The molecule has 1 N–H and O–H groups in total. The molecule has 0 aliphatic heterocycles. The molecule has 1 fully saturated rings. The number of hydrogen-bond donors (Lipinski definition) is 1. The van der Waals surface area contributed by atoms with Gasteiger partial charge in [0.1, 0.15) is 5.82 Å². The Hall–Kier alpha value is -0.640. The molecule has 2 rings (SSSR count). The standard InChI is InChI=1S/C14H25N3S/c1-11(2)10-17-13(15-16-14(17)18)12-8-6-4-3-5-7-9-12/h11-12H,3-10H2,1-2H3,(H,16,18). The highest BCUT2D eigenvalue weighted by molar-refractivity contribution is 7.71. The van der Waals surface area contributed by atoms with Crippen LogP contribution in [0, 0.1) is 10.7 Å². The van der Waals surface area contributed by atoms with Crippen molar-refractivity contribution in [1.29, 1.82) is 0 Å². The van der Waals surface area contributed by atoms with Crippen LogP contribution in [0.3, 0.4) is 0 Å². The molecule has 1 aromatic heterocycles. The first-order chi connectivity index (χ1) is 8.68. The van der Waals surface area contributed by atoms with Crippen molar-refractivity contribution in [2.75, 3.05) is 0 Å². The molecule has 0 saturated heterocycles. The van der Waals surface area contributed by atoms with Gasteiger partial charge in [0.25, 0.3) is 0 Å². The van der Waals surface area contributed by atoms with Crippen LogP contribution in [-0.2, 0) is 6.54 Å². The Labute approximate surface area is 115 Å². The molecule has 0 amide bonds. The predicted molar refractivity (Wildman–Crippen MR) is 77.3 cm³/mol. The number of nitrogens with zero attached hydrogens (tertiary/aromatic N) is 2. The van der Waals surface area contributed by atoms with Gasteiger partial charge in [-0.25, -0.2) is 0 Å². The van der Waals surface area contributed by atoms with Crippen LogP contribution in [0.2, 0.25) is 0 Å². The highest BCUT2D eigenvalue weighted by Crippen LogP contribution is 2.30. The topological polar surface area (TPSA) is 33.6 Å². The number of aromatic nitrogens is 3. The molecule has 0 radical (unpaired) electrons. The lowest BCUT2D eigenvalue weighted by molar-refractivity contribution is 0.414. The van der Waals surface area contributed by atoms with Crippen molar-refractivity contribution in [3.05, 3.63) is 10.6 Å². The molecule has 1 heterocycles. The normalized spacial score (nSPS) is 18.8. The van der Waals surface area contributed by atoms with E-state index in [2.05, 4.69) is 28.6 Å². The van der Waals surface area contributed by atoms with Crippen molar-refractivity contribution in [2.24, 2.45) is 5.92 Å². The third kappa shape index (κ3) is 3.44. The van der Waals surface area contributed by atoms with Gasteiger partial charge in [0.2, 0.25) is 0 Å². The van der Waals surface area contributed by atoms with Crippen LogP contribution in [0.15, 0.2) is 0 Å². The van der Waals surface area contributed by atoms with Gasteiger partial charge in [0.05, 0.1) is 0 Å². The fourth-order valence-electron chi connectivity index (χ4n) is 2.90. The van der Waals surface area contributed by atoms with E-state index in [0.29, 0.717) is 11.8 Å². The molecule has 1 saturated carbocycles. The fourth-order valence-corrected chi connectivity index (χ4v) is 3.11. The molecule has 18 heavy (non-hydrogen) atoms.